The summed E-state index contributed by atoms with van der Waals surface area (Å²) < 4.78 is 13.9. The van der Waals surface area contributed by atoms with Gasteiger partial charge in [0, 0.05) is 30.9 Å². The quantitative estimate of drug-likeness (QED) is 0.888. The Morgan fingerprint density at radius 1 is 1.50 bits per heavy atom. The minimum absolute atomic E-state index is 0.160. The van der Waals surface area contributed by atoms with Crippen molar-refractivity contribution in [1.29, 1.82) is 0 Å². The number of hydrogen-bond acceptors (Lipinski definition) is 5. The maximum absolute atomic E-state index is 13.9. The van der Waals surface area contributed by atoms with Crippen LogP contribution in [0.2, 0.25) is 0 Å². The largest absolute Gasteiger partial charge is 0.354 e. The van der Waals surface area contributed by atoms with Crippen LogP contribution < -0.4 is 10.2 Å². The molecule has 0 amide bonds. The van der Waals surface area contributed by atoms with Crippen LogP contribution in [0.15, 0.2) is 23.7 Å². The molecule has 0 aliphatic heterocycles. The smallest absolute Gasteiger partial charge is 0.224 e. The molecule has 0 aliphatic carbocycles. The SMILES string of the molecule is CCNc1ncc(F)c(N(C)C(C)Cc2cccs2)n1. The summed E-state index contributed by atoms with van der Waals surface area (Å²) in [4.78, 5) is 11.3. The van der Waals surface area contributed by atoms with Crippen LogP contribution in [0.5, 0.6) is 0 Å². The van der Waals surface area contributed by atoms with E-state index in [2.05, 4.69) is 33.7 Å². The van der Waals surface area contributed by atoms with Crippen LogP contribution in [0.1, 0.15) is 18.7 Å². The van der Waals surface area contributed by atoms with E-state index in [0.29, 0.717) is 18.3 Å². The first-order valence-corrected chi connectivity index (χ1v) is 7.51. The normalized spacial score (nSPS) is 12.2. The topological polar surface area (TPSA) is 41.1 Å². The molecule has 4 nitrogen and oxygen atoms in total. The number of nitrogens with one attached hydrogen (secondary N) is 1. The van der Waals surface area contributed by atoms with E-state index in [1.807, 2.05) is 24.9 Å². The molecule has 2 aromatic heterocycles. The number of nitrogens with zero attached hydrogens (tertiary/aromatic N) is 3. The summed E-state index contributed by atoms with van der Waals surface area (Å²) in [7, 11) is 1.86. The Morgan fingerprint density at radius 3 is 2.95 bits per heavy atom. The van der Waals surface area contributed by atoms with E-state index in [1.54, 1.807) is 11.3 Å². The van der Waals surface area contributed by atoms with Gasteiger partial charge in [0.1, 0.15) is 0 Å². The Morgan fingerprint density at radius 2 is 2.30 bits per heavy atom. The molecule has 1 N–H and O–H groups in total. The zero-order valence-electron chi connectivity index (χ0n) is 11.9. The van der Waals surface area contributed by atoms with Gasteiger partial charge in [-0.2, -0.15) is 4.98 Å². The molecule has 1 atom stereocenters. The Kier molecular flexibility index (Phi) is 4.89. The lowest BCUT2D eigenvalue weighted by Crippen LogP contribution is -2.32. The Bertz CT molecular complexity index is 544. The van der Waals surface area contributed by atoms with E-state index in [9.17, 15) is 4.39 Å². The average Bonchev–Trinajstić information content (AvgIpc) is 2.93. The molecule has 0 aromatic carbocycles. The fraction of sp³-hybridized carbons (Fsp3) is 0.429. The molecule has 0 fully saturated rings. The molecular weight excluding hydrogens is 275 g/mol. The third-order valence-corrected chi connectivity index (χ3v) is 4.03. The molecular formula is C14H19FN4S. The highest BCUT2D eigenvalue weighted by Gasteiger charge is 2.17. The second kappa shape index (κ2) is 6.65. The van der Waals surface area contributed by atoms with E-state index in [-0.39, 0.29) is 6.04 Å². The highest BCUT2D eigenvalue weighted by Crippen LogP contribution is 2.21. The van der Waals surface area contributed by atoms with E-state index in [0.717, 1.165) is 6.42 Å². The van der Waals surface area contributed by atoms with E-state index < -0.39 is 5.82 Å². The average molecular weight is 294 g/mol. The van der Waals surface area contributed by atoms with Crippen molar-refractivity contribution in [3.63, 3.8) is 0 Å². The van der Waals surface area contributed by atoms with Gasteiger partial charge in [0.15, 0.2) is 11.6 Å². The van der Waals surface area contributed by atoms with Gasteiger partial charge in [-0.1, -0.05) is 6.07 Å². The van der Waals surface area contributed by atoms with Gasteiger partial charge in [-0.15, -0.1) is 11.3 Å². The number of anilines is 2. The lowest BCUT2D eigenvalue weighted by Gasteiger charge is -2.26. The second-order valence-corrected chi connectivity index (χ2v) is 5.67. The van der Waals surface area contributed by atoms with Crippen molar-refractivity contribution in [3.8, 4) is 0 Å². The van der Waals surface area contributed by atoms with Crippen molar-refractivity contribution in [1.82, 2.24) is 9.97 Å². The van der Waals surface area contributed by atoms with Crippen molar-refractivity contribution in [2.45, 2.75) is 26.3 Å². The lowest BCUT2D eigenvalue weighted by molar-refractivity contribution is 0.589. The standard InChI is InChI=1S/C14H19FN4S/c1-4-16-14-17-9-12(15)13(18-14)19(3)10(2)8-11-6-5-7-20-11/h5-7,9-10H,4,8H2,1-3H3,(H,16,17,18). The van der Waals surface area contributed by atoms with E-state index in [4.69, 9.17) is 0 Å². The summed E-state index contributed by atoms with van der Waals surface area (Å²) in [6.07, 6.45) is 2.09. The fourth-order valence-electron chi connectivity index (χ4n) is 1.91. The summed E-state index contributed by atoms with van der Waals surface area (Å²) >= 11 is 1.71. The van der Waals surface area contributed by atoms with Crippen LogP contribution in [0.3, 0.4) is 0 Å². The Balaban J connectivity index is 2.14. The number of aromatic nitrogens is 2. The van der Waals surface area contributed by atoms with Crippen LogP contribution in [0, 0.1) is 5.82 Å². The molecule has 0 radical (unpaired) electrons. The van der Waals surface area contributed by atoms with Gasteiger partial charge in [0.05, 0.1) is 6.20 Å². The summed E-state index contributed by atoms with van der Waals surface area (Å²) in [5.41, 5.74) is 0. The Labute approximate surface area is 122 Å². The van der Waals surface area contributed by atoms with Gasteiger partial charge < -0.3 is 10.2 Å². The van der Waals surface area contributed by atoms with Gasteiger partial charge in [-0.05, 0) is 25.3 Å². The number of likely N-dealkylation sites (N-methyl/N-ethyl adjacent to an activating group) is 1. The second-order valence-electron chi connectivity index (χ2n) is 4.64. The number of hydrogen-bond donors (Lipinski definition) is 1. The van der Waals surface area contributed by atoms with Crippen molar-refractivity contribution in [2.75, 3.05) is 23.8 Å². The van der Waals surface area contributed by atoms with Crippen molar-refractivity contribution in [3.05, 3.63) is 34.4 Å². The molecule has 108 valence electrons. The van der Waals surface area contributed by atoms with E-state index in [1.165, 1.54) is 11.1 Å². The van der Waals surface area contributed by atoms with Crippen LogP contribution >= 0.6 is 11.3 Å². The van der Waals surface area contributed by atoms with Crippen molar-refractivity contribution >= 4 is 23.1 Å². The molecule has 2 heterocycles. The maximum atomic E-state index is 13.9. The van der Waals surface area contributed by atoms with Crippen LogP contribution in [0.4, 0.5) is 16.2 Å². The molecule has 20 heavy (non-hydrogen) atoms. The molecule has 2 rings (SSSR count). The summed E-state index contributed by atoms with van der Waals surface area (Å²) in [6.45, 7) is 4.73. The predicted molar refractivity (Wildman–Crippen MR) is 82.0 cm³/mol. The first kappa shape index (κ1) is 14.7. The van der Waals surface area contributed by atoms with Gasteiger partial charge in [0.2, 0.25) is 5.95 Å². The molecule has 0 bridgehead atoms. The first-order chi connectivity index (χ1) is 9.61. The highest BCUT2D eigenvalue weighted by molar-refractivity contribution is 7.09. The monoisotopic (exact) mass is 294 g/mol. The first-order valence-electron chi connectivity index (χ1n) is 6.63. The van der Waals surface area contributed by atoms with Gasteiger partial charge in [-0.3, -0.25) is 0 Å². The van der Waals surface area contributed by atoms with Gasteiger partial charge in [-0.25, -0.2) is 9.37 Å². The van der Waals surface area contributed by atoms with Gasteiger partial charge in [0.25, 0.3) is 0 Å². The molecule has 6 heteroatoms. The summed E-state index contributed by atoms with van der Waals surface area (Å²) in [6, 6.07) is 4.28. The molecule has 2 aromatic rings. The summed E-state index contributed by atoms with van der Waals surface area (Å²) in [5.74, 6) is 0.395. The van der Waals surface area contributed by atoms with Crippen LogP contribution in [-0.4, -0.2) is 29.6 Å². The fourth-order valence-corrected chi connectivity index (χ4v) is 2.74. The van der Waals surface area contributed by atoms with Crippen LogP contribution in [0.25, 0.3) is 0 Å². The third-order valence-electron chi connectivity index (χ3n) is 3.13. The van der Waals surface area contributed by atoms with Crippen molar-refractivity contribution in [2.24, 2.45) is 0 Å². The highest BCUT2D eigenvalue weighted by atomic mass is 32.1. The maximum Gasteiger partial charge on any atom is 0.224 e. The van der Waals surface area contributed by atoms with Crippen molar-refractivity contribution < 1.29 is 4.39 Å². The predicted octanol–water partition coefficient (Wildman–Crippen LogP) is 3.18. The zero-order valence-corrected chi connectivity index (χ0v) is 12.7. The van der Waals surface area contributed by atoms with Gasteiger partial charge >= 0.3 is 0 Å². The number of thiophene rings is 1. The number of halogens is 1. The molecule has 0 saturated carbocycles. The minimum Gasteiger partial charge on any atom is -0.354 e. The minimum atomic E-state index is -0.396. The number of rotatable bonds is 6. The molecule has 0 spiro atoms. The Hall–Kier alpha value is -1.69. The molecule has 0 aliphatic rings. The summed E-state index contributed by atoms with van der Waals surface area (Å²) in [5, 5.41) is 5.05. The molecule has 0 saturated heterocycles. The van der Waals surface area contributed by atoms with Crippen LogP contribution in [-0.2, 0) is 6.42 Å². The molecule has 1 unspecified atom stereocenters. The zero-order chi connectivity index (χ0) is 14.5. The third kappa shape index (κ3) is 3.45. The van der Waals surface area contributed by atoms with E-state index >= 15 is 0 Å². The lowest BCUT2D eigenvalue weighted by atomic mass is 10.2.